The SMILES string of the molecule is CCCOCc1ccccc1CNC(=O)c1ccccc1SCC(N)=O. The molecule has 0 aliphatic rings. The Labute approximate surface area is 158 Å². The van der Waals surface area contributed by atoms with Crippen molar-refractivity contribution in [3.05, 3.63) is 65.2 Å². The fourth-order valence-electron chi connectivity index (χ4n) is 2.40. The van der Waals surface area contributed by atoms with E-state index in [9.17, 15) is 9.59 Å². The van der Waals surface area contributed by atoms with Crippen molar-refractivity contribution in [2.45, 2.75) is 31.4 Å². The van der Waals surface area contributed by atoms with Crippen molar-refractivity contribution in [3.63, 3.8) is 0 Å². The van der Waals surface area contributed by atoms with Crippen molar-refractivity contribution in [1.29, 1.82) is 0 Å². The zero-order valence-electron chi connectivity index (χ0n) is 14.9. The molecule has 0 aliphatic carbocycles. The van der Waals surface area contributed by atoms with Gasteiger partial charge in [-0.2, -0.15) is 0 Å². The molecule has 0 unspecified atom stereocenters. The number of carbonyl (C=O) groups excluding carboxylic acids is 2. The van der Waals surface area contributed by atoms with Gasteiger partial charge in [-0.15, -0.1) is 11.8 Å². The first kappa shape index (κ1) is 20.0. The molecule has 0 spiro atoms. The molecule has 138 valence electrons. The molecule has 0 radical (unpaired) electrons. The lowest BCUT2D eigenvalue weighted by Crippen LogP contribution is -2.24. The summed E-state index contributed by atoms with van der Waals surface area (Å²) in [6.07, 6.45) is 0.971. The van der Waals surface area contributed by atoms with Crippen molar-refractivity contribution < 1.29 is 14.3 Å². The summed E-state index contributed by atoms with van der Waals surface area (Å²) in [5.41, 5.74) is 7.83. The fourth-order valence-corrected chi connectivity index (χ4v) is 3.19. The van der Waals surface area contributed by atoms with Crippen LogP contribution in [0.1, 0.15) is 34.8 Å². The Hall–Kier alpha value is -2.31. The van der Waals surface area contributed by atoms with Crippen LogP contribution in [-0.2, 0) is 22.7 Å². The fraction of sp³-hybridized carbons (Fsp3) is 0.300. The van der Waals surface area contributed by atoms with Gasteiger partial charge in [0.15, 0.2) is 0 Å². The van der Waals surface area contributed by atoms with Crippen molar-refractivity contribution in [3.8, 4) is 0 Å². The van der Waals surface area contributed by atoms with Crippen molar-refractivity contribution in [1.82, 2.24) is 5.32 Å². The van der Waals surface area contributed by atoms with Crippen LogP contribution in [0, 0.1) is 0 Å². The molecule has 0 atom stereocenters. The molecule has 3 N–H and O–H groups in total. The van der Waals surface area contributed by atoms with Gasteiger partial charge in [0.25, 0.3) is 5.91 Å². The van der Waals surface area contributed by atoms with E-state index in [1.807, 2.05) is 36.4 Å². The second kappa shape index (κ2) is 10.6. The number of thioether (sulfide) groups is 1. The van der Waals surface area contributed by atoms with Gasteiger partial charge >= 0.3 is 0 Å². The largest absolute Gasteiger partial charge is 0.377 e. The third-order valence-corrected chi connectivity index (χ3v) is 4.76. The molecule has 2 aromatic carbocycles. The van der Waals surface area contributed by atoms with Crippen LogP contribution in [0.5, 0.6) is 0 Å². The van der Waals surface area contributed by atoms with Gasteiger partial charge in [-0.1, -0.05) is 43.3 Å². The van der Waals surface area contributed by atoms with Crippen LogP contribution in [0.3, 0.4) is 0 Å². The molecule has 0 aliphatic heterocycles. The Bertz CT molecular complexity index is 749. The maximum atomic E-state index is 12.6. The van der Waals surface area contributed by atoms with E-state index >= 15 is 0 Å². The second-order valence-corrected chi connectivity index (χ2v) is 6.77. The van der Waals surface area contributed by atoms with Crippen molar-refractivity contribution >= 4 is 23.6 Å². The van der Waals surface area contributed by atoms with Gasteiger partial charge in [-0.25, -0.2) is 0 Å². The summed E-state index contributed by atoms with van der Waals surface area (Å²) < 4.78 is 5.61. The predicted molar refractivity (Wildman–Crippen MR) is 104 cm³/mol. The number of nitrogens with one attached hydrogen (secondary N) is 1. The van der Waals surface area contributed by atoms with Gasteiger partial charge in [0.1, 0.15) is 0 Å². The highest BCUT2D eigenvalue weighted by atomic mass is 32.2. The van der Waals surface area contributed by atoms with E-state index in [4.69, 9.17) is 10.5 Å². The molecule has 2 aromatic rings. The molecule has 0 saturated carbocycles. The molecule has 2 amide bonds. The third-order valence-electron chi connectivity index (χ3n) is 3.67. The first-order valence-electron chi connectivity index (χ1n) is 8.54. The normalized spacial score (nSPS) is 10.5. The molecule has 0 heterocycles. The molecule has 0 saturated heterocycles. The minimum Gasteiger partial charge on any atom is -0.377 e. The van der Waals surface area contributed by atoms with E-state index in [-0.39, 0.29) is 11.7 Å². The summed E-state index contributed by atoms with van der Waals surface area (Å²) in [6, 6.07) is 15.1. The summed E-state index contributed by atoms with van der Waals surface area (Å²) in [7, 11) is 0. The minimum atomic E-state index is -0.411. The van der Waals surface area contributed by atoms with E-state index in [0.29, 0.717) is 25.3 Å². The molecule has 5 nitrogen and oxygen atoms in total. The summed E-state index contributed by atoms with van der Waals surface area (Å²) in [4.78, 5) is 24.3. The standard InChI is InChI=1S/C20H24N2O3S/c1-2-11-25-13-16-8-4-3-7-15(16)12-22-20(24)17-9-5-6-10-18(17)26-14-19(21)23/h3-10H,2,11-14H2,1H3,(H2,21,23)(H,22,24). The maximum Gasteiger partial charge on any atom is 0.252 e. The molecule has 0 aromatic heterocycles. The van der Waals surface area contributed by atoms with E-state index in [2.05, 4.69) is 12.2 Å². The van der Waals surface area contributed by atoms with Gasteiger partial charge < -0.3 is 15.8 Å². The van der Waals surface area contributed by atoms with Crippen LogP contribution in [0.4, 0.5) is 0 Å². The summed E-state index contributed by atoms with van der Waals surface area (Å²) in [5.74, 6) is -0.449. The molecular weight excluding hydrogens is 348 g/mol. The number of rotatable bonds is 10. The molecule has 6 heteroatoms. The second-order valence-electron chi connectivity index (χ2n) is 5.76. The number of primary amides is 1. The topological polar surface area (TPSA) is 81.4 Å². The van der Waals surface area contributed by atoms with E-state index < -0.39 is 5.91 Å². The van der Waals surface area contributed by atoms with Crippen molar-refractivity contribution in [2.75, 3.05) is 12.4 Å². The number of carbonyl (C=O) groups is 2. The highest BCUT2D eigenvalue weighted by molar-refractivity contribution is 8.00. The lowest BCUT2D eigenvalue weighted by atomic mass is 10.1. The third kappa shape index (κ3) is 6.20. The molecule has 26 heavy (non-hydrogen) atoms. The zero-order valence-corrected chi connectivity index (χ0v) is 15.7. The number of ether oxygens (including phenoxy) is 1. The highest BCUT2D eigenvalue weighted by Crippen LogP contribution is 2.22. The van der Waals surface area contributed by atoms with Crippen LogP contribution in [0.25, 0.3) is 0 Å². The summed E-state index contributed by atoms with van der Waals surface area (Å²) in [5, 5.41) is 2.95. The van der Waals surface area contributed by atoms with Crippen LogP contribution < -0.4 is 11.1 Å². The molecule has 0 fully saturated rings. The van der Waals surface area contributed by atoms with Gasteiger partial charge in [0.05, 0.1) is 17.9 Å². The van der Waals surface area contributed by atoms with Crippen LogP contribution in [-0.4, -0.2) is 24.2 Å². The van der Waals surface area contributed by atoms with Gasteiger partial charge in [0, 0.05) is 18.0 Å². The van der Waals surface area contributed by atoms with Crippen molar-refractivity contribution in [2.24, 2.45) is 5.73 Å². The lowest BCUT2D eigenvalue weighted by molar-refractivity contribution is -0.115. The predicted octanol–water partition coefficient (Wildman–Crippen LogP) is 3.12. The molecule has 0 bridgehead atoms. The first-order chi connectivity index (χ1) is 12.6. The Balaban J connectivity index is 2.02. The first-order valence-corrected chi connectivity index (χ1v) is 9.53. The minimum absolute atomic E-state index is 0.141. The average molecular weight is 372 g/mol. The van der Waals surface area contributed by atoms with Gasteiger partial charge in [-0.3, -0.25) is 9.59 Å². The monoisotopic (exact) mass is 372 g/mol. The average Bonchev–Trinajstić information content (AvgIpc) is 2.65. The number of nitrogens with two attached hydrogens (primary N) is 1. The Morgan fingerprint density at radius 1 is 1.08 bits per heavy atom. The smallest absolute Gasteiger partial charge is 0.252 e. The summed E-state index contributed by atoms with van der Waals surface area (Å²) >= 11 is 1.27. The molecular formula is C20H24N2O3S. The van der Waals surface area contributed by atoms with Crippen LogP contribution >= 0.6 is 11.8 Å². The quantitative estimate of drug-likeness (QED) is 0.496. The Morgan fingerprint density at radius 2 is 1.77 bits per heavy atom. The Kier molecular flexibility index (Phi) is 8.18. The number of amides is 2. The van der Waals surface area contributed by atoms with Gasteiger partial charge in [-0.05, 0) is 29.7 Å². The van der Waals surface area contributed by atoms with E-state index in [1.165, 1.54) is 11.8 Å². The number of hydrogen-bond acceptors (Lipinski definition) is 4. The summed E-state index contributed by atoms with van der Waals surface area (Å²) in [6.45, 7) is 3.73. The maximum absolute atomic E-state index is 12.6. The lowest BCUT2D eigenvalue weighted by Gasteiger charge is -2.12. The van der Waals surface area contributed by atoms with E-state index in [0.717, 1.165) is 22.4 Å². The van der Waals surface area contributed by atoms with Crippen LogP contribution in [0.15, 0.2) is 53.4 Å². The molecule has 2 rings (SSSR count). The van der Waals surface area contributed by atoms with E-state index in [1.54, 1.807) is 12.1 Å². The number of hydrogen-bond donors (Lipinski definition) is 2. The number of benzene rings is 2. The highest BCUT2D eigenvalue weighted by Gasteiger charge is 2.12. The zero-order chi connectivity index (χ0) is 18.8. The Morgan fingerprint density at radius 3 is 2.50 bits per heavy atom. The van der Waals surface area contributed by atoms with Gasteiger partial charge in [0.2, 0.25) is 5.91 Å². The van der Waals surface area contributed by atoms with Crippen LogP contribution in [0.2, 0.25) is 0 Å².